The molecule has 4 rings (SSSR count). The van der Waals surface area contributed by atoms with E-state index in [-0.39, 0.29) is 17.7 Å². The first-order chi connectivity index (χ1) is 16.9. The molecule has 2 atom stereocenters. The van der Waals surface area contributed by atoms with Crippen molar-refractivity contribution < 1.29 is 14.4 Å². The summed E-state index contributed by atoms with van der Waals surface area (Å²) in [5.74, 6) is -0.448. The van der Waals surface area contributed by atoms with Crippen LogP contribution < -0.4 is 11.1 Å². The second kappa shape index (κ2) is 11.1. The molecular weight excluding hydrogens is 444 g/mol. The van der Waals surface area contributed by atoms with Crippen molar-refractivity contribution in [3.8, 4) is 0 Å². The molecule has 9 nitrogen and oxygen atoms in total. The van der Waals surface area contributed by atoms with Gasteiger partial charge in [-0.15, -0.1) is 0 Å². The van der Waals surface area contributed by atoms with Crippen molar-refractivity contribution in [1.82, 2.24) is 24.7 Å². The van der Waals surface area contributed by atoms with Crippen LogP contribution in [0.25, 0.3) is 10.9 Å². The number of benzene rings is 1. The van der Waals surface area contributed by atoms with E-state index in [0.717, 1.165) is 16.5 Å². The van der Waals surface area contributed by atoms with Crippen molar-refractivity contribution in [2.24, 2.45) is 5.73 Å². The van der Waals surface area contributed by atoms with E-state index in [0.29, 0.717) is 45.6 Å². The molecule has 0 bridgehead atoms. The molecule has 1 saturated heterocycles. The molecule has 3 amide bonds. The zero-order valence-corrected chi connectivity index (χ0v) is 20.0. The van der Waals surface area contributed by atoms with Crippen LogP contribution in [0.5, 0.6) is 0 Å². The number of pyridine rings is 1. The maximum atomic E-state index is 12.9. The number of nitrogens with zero attached hydrogens (tertiary/aromatic N) is 4. The van der Waals surface area contributed by atoms with E-state index in [1.54, 1.807) is 29.1 Å². The average Bonchev–Trinajstić information content (AvgIpc) is 3.30. The lowest BCUT2D eigenvalue weighted by atomic mass is 10.1. The molecule has 1 aromatic carbocycles. The fourth-order valence-corrected chi connectivity index (χ4v) is 4.39. The Kier molecular flexibility index (Phi) is 7.77. The number of piperazine rings is 1. The number of hydrogen-bond acceptors (Lipinski definition) is 5. The predicted molar refractivity (Wildman–Crippen MR) is 133 cm³/mol. The zero-order valence-electron chi connectivity index (χ0n) is 20.0. The number of hydrogen-bond donors (Lipinski definition) is 2. The van der Waals surface area contributed by atoms with E-state index in [4.69, 9.17) is 5.73 Å². The SMILES string of the molecule is C[C@@H](NC(=O)[C@H](N)Cc1ccccc1)C(=O)N1CCN(C(=O)CCn2ccc3ccncc32)CC1. The summed E-state index contributed by atoms with van der Waals surface area (Å²) >= 11 is 0. The van der Waals surface area contributed by atoms with E-state index < -0.39 is 12.1 Å². The third-order valence-electron chi connectivity index (χ3n) is 6.45. The molecule has 1 fully saturated rings. The first-order valence-electron chi connectivity index (χ1n) is 12.0. The molecule has 0 aliphatic carbocycles. The Balaban J connectivity index is 1.21. The number of rotatable bonds is 8. The van der Waals surface area contributed by atoms with Crippen LogP contribution in [0.3, 0.4) is 0 Å². The standard InChI is InChI=1S/C26H32N6O3/c1-19(29-25(34)22(27)17-20-5-3-2-4-6-20)26(35)32-15-13-31(14-16-32)24(33)9-12-30-11-8-21-7-10-28-18-23(21)30/h2-8,10-11,18-19,22H,9,12-17,27H2,1H3,(H,29,34)/t19-,22-/m1/s1. The molecule has 0 unspecified atom stereocenters. The van der Waals surface area contributed by atoms with Crippen molar-refractivity contribution in [3.05, 3.63) is 66.6 Å². The average molecular weight is 477 g/mol. The van der Waals surface area contributed by atoms with E-state index in [9.17, 15) is 14.4 Å². The van der Waals surface area contributed by atoms with Crippen LogP contribution >= 0.6 is 0 Å². The predicted octanol–water partition coefficient (Wildman–Crippen LogP) is 1.17. The molecule has 35 heavy (non-hydrogen) atoms. The smallest absolute Gasteiger partial charge is 0.244 e. The molecule has 2 aromatic heterocycles. The number of amides is 3. The van der Waals surface area contributed by atoms with Crippen LogP contribution in [-0.2, 0) is 27.3 Å². The summed E-state index contributed by atoms with van der Waals surface area (Å²) in [4.78, 5) is 45.7. The Morgan fingerprint density at radius 1 is 1.03 bits per heavy atom. The normalized spacial score (nSPS) is 15.6. The van der Waals surface area contributed by atoms with Gasteiger partial charge in [0.1, 0.15) is 6.04 Å². The summed E-state index contributed by atoms with van der Waals surface area (Å²) in [7, 11) is 0. The minimum atomic E-state index is -0.727. The van der Waals surface area contributed by atoms with Crippen LogP contribution in [0.2, 0.25) is 0 Å². The minimum absolute atomic E-state index is 0.0658. The summed E-state index contributed by atoms with van der Waals surface area (Å²) < 4.78 is 2.03. The Hall–Kier alpha value is -3.72. The minimum Gasteiger partial charge on any atom is -0.346 e. The first kappa shape index (κ1) is 24.4. The molecule has 9 heteroatoms. The van der Waals surface area contributed by atoms with Crippen molar-refractivity contribution in [2.45, 2.75) is 38.4 Å². The van der Waals surface area contributed by atoms with Gasteiger partial charge in [-0.3, -0.25) is 19.4 Å². The fourth-order valence-electron chi connectivity index (χ4n) is 4.39. The molecule has 0 saturated carbocycles. The Labute approximate surface area is 204 Å². The van der Waals surface area contributed by atoms with Crippen LogP contribution in [-0.4, -0.2) is 75.3 Å². The van der Waals surface area contributed by atoms with Gasteiger partial charge in [-0.05, 0) is 31.0 Å². The lowest BCUT2D eigenvalue weighted by Crippen LogP contribution is -2.56. The van der Waals surface area contributed by atoms with Gasteiger partial charge in [-0.25, -0.2) is 0 Å². The zero-order chi connectivity index (χ0) is 24.8. The number of aromatic nitrogens is 2. The van der Waals surface area contributed by atoms with Crippen LogP contribution in [0.1, 0.15) is 18.9 Å². The van der Waals surface area contributed by atoms with Gasteiger partial charge < -0.3 is 25.4 Å². The van der Waals surface area contributed by atoms with Crippen molar-refractivity contribution >= 4 is 28.6 Å². The summed E-state index contributed by atoms with van der Waals surface area (Å²) in [6.07, 6.45) is 6.32. The third kappa shape index (κ3) is 6.05. The summed E-state index contributed by atoms with van der Waals surface area (Å²) in [5, 5.41) is 3.84. The molecule has 1 aliphatic rings. The largest absolute Gasteiger partial charge is 0.346 e. The topological polar surface area (TPSA) is 114 Å². The van der Waals surface area contributed by atoms with Gasteiger partial charge in [0.05, 0.1) is 17.8 Å². The van der Waals surface area contributed by atoms with Gasteiger partial charge in [-0.1, -0.05) is 30.3 Å². The van der Waals surface area contributed by atoms with Gasteiger partial charge in [0.2, 0.25) is 17.7 Å². The molecule has 184 valence electrons. The second-order valence-electron chi connectivity index (χ2n) is 8.93. The molecular formula is C26H32N6O3. The molecule has 1 aliphatic heterocycles. The number of fused-ring (bicyclic) bond motifs is 1. The van der Waals surface area contributed by atoms with E-state index in [1.807, 2.05) is 53.2 Å². The highest BCUT2D eigenvalue weighted by atomic mass is 16.2. The number of carbonyl (C=O) groups is 3. The quantitative estimate of drug-likeness (QED) is 0.507. The Morgan fingerprint density at radius 2 is 1.74 bits per heavy atom. The second-order valence-corrected chi connectivity index (χ2v) is 8.93. The van der Waals surface area contributed by atoms with Crippen LogP contribution in [0.15, 0.2) is 61.1 Å². The van der Waals surface area contributed by atoms with Gasteiger partial charge in [0.25, 0.3) is 0 Å². The highest BCUT2D eigenvalue weighted by Gasteiger charge is 2.28. The summed E-state index contributed by atoms with van der Waals surface area (Å²) in [6.45, 7) is 4.09. The fraction of sp³-hybridized carbons (Fsp3) is 0.385. The van der Waals surface area contributed by atoms with Crippen molar-refractivity contribution in [3.63, 3.8) is 0 Å². The van der Waals surface area contributed by atoms with E-state index >= 15 is 0 Å². The van der Waals surface area contributed by atoms with Crippen LogP contribution in [0, 0.1) is 0 Å². The monoisotopic (exact) mass is 476 g/mol. The Morgan fingerprint density at radius 3 is 2.49 bits per heavy atom. The first-order valence-corrected chi connectivity index (χ1v) is 12.0. The Bertz CT molecular complexity index is 1170. The highest BCUT2D eigenvalue weighted by Crippen LogP contribution is 2.15. The third-order valence-corrected chi connectivity index (χ3v) is 6.45. The van der Waals surface area contributed by atoms with Crippen molar-refractivity contribution in [1.29, 1.82) is 0 Å². The number of aryl methyl sites for hydroxylation is 1. The molecule has 3 heterocycles. The lowest BCUT2D eigenvalue weighted by Gasteiger charge is -2.36. The molecule has 3 N–H and O–H groups in total. The highest BCUT2D eigenvalue weighted by molar-refractivity contribution is 5.89. The lowest BCUT2D eigenvalue weighted by molar-refractivity contribution is -0.141. The van der Waals surface area contributed by atoms with Gasteiger partial charge >= 0.3 is 0 Å². The summed E-state index contributed by atoms with van der Waals surface area (Å²) in [6, 6.07) is 12.1. The van der Waals surface area contributed by atoms with Gasteiger partial charge in [-0.2, -0.15) is 0 Å². The molecule has 3 aromatic rings. The molecule has 0 radical (unpaired) electrons. The van der Waals surface area contributed by atoms with Gasteiger partial charge in [0.15, 0.2) is 0 Å². The van der Waals surface area contributed by atoms with Gasteiger partial charge in [0, 0.05) is 56.9 Å². The maximum Gasteiger partial charge on any atom is 0.244 e. The van der Waals surface area contributed by atoms with Crippen LogP contribution in [0.4, 0.5) is 0 Å². The maximum absolute atomic E-state index is 12.9. The van der Waals surface area contributed by atoms with Crippen molar-refractivity contribution in [2.75, 3.05) is 26.2 Å². The molecule has 0 spiro atoms. The number of carbonyl (C=O) groups excluding carboxylic acids is 3. The summed E-state index contributed by atoms with van der Waals surface area (Å²) in [5.41, 5.74) is 8.01. The number of nitrogens with one attached hydrogen (secondary N) is 1. The van der Waals surface area contributed by atoms with E-state index in [1.165, 1.54) is 0 Å². The van der Waals surface area contributed by atoms with E-state index in [2.05, 4.69) is 10.3 Å². The number of nitrogens with two attached hydrogens (primary N) is 1.